The van der Waals surface area contributed by atoms with Gasteiger partial charge in [0.2, 0.25) is 0 Å². The first kappa shape index (κ1) is 18.1. The molecule has 0 saturated carbocycles. The highest BCUT2D eigenvalue weighted by Crippen LogP contribution is 2.18. The van der Waals surface area contributed by atoms with Crippen LogP contribution in [0.25, 0.3) is 11.4 Å². The van der Waals surface area contributed by atoms with Crippen molar-refractivity contribution in [3.63, 3.8) is 0 Å². The molecule has 1 N–H and O–H groups in total. The van der Waals surface area contributed by atoms with E-state index in [1.807, 2.05) is 44.2 Å². The Balaban J connectivity index is 2.03. The van der Waals surface area contributed by atoms with Crippen LogP contribution in [0, 0.1) is 6.92 Å². The number of carbonyl (C=O) groups excluding carboxylic acids is 1. The molecular weight excluding hydrogens is 324 g/mol. The average molecular weight is 346 g/mol. The van der Waals surface area contributed by atoms with Crippen molar-refractivity contribution in [3.05, 3.63) is 42.2 Å². The van der Waals surface area contributed by atoms with Crippen LogP contribution >= 0.6 is 0 Å². The Morgan fingerprint density at radius 1 is 1.29 bits per heavy atom. The summed E-state index contributed by atoms with van der Waals surface area (Å²) >= 11 is 0. The molecule has 1 heterocycles. The lowest BCUT2D eigenvalue weighted by Crippen LogP contribution is -2.40. The van der Waals surface area contributed by atoms with Crippen LogP contribution in [0.2, 0.25) is 0 Å². The summed E-state index contributed by atoms with van der Waals surface area (Å²) in [7, 11) is 0.755. The lowest BCUT2D eigenvalue weighted by molar-refractivity contribution is 0.212. The molecule has 24 heavy (non-hydrogen) atoms. The second-order valence-electron chi connectivity index (χ2n) is 5.73. The zero-order valence-corrected chi connectivity index (χ0v) is 15.1. The van der Waals surface area contributed by atoms with Crippen molar-refractivity contribution >= 4 is 22.5 Å². The first-order chi connectivity index (χ1) is 11.4. The largest absolute Gasteiger partial charge is 0.324 e. The Kier molecular flexibility index (Phi) is 6.03. The first-order valence-electron chi connectivity index (χ1n) is 7.60. The van der Waals surface area contributed by atoms with Crippen LogP contribution in [-0.2, 0) is 10.8 Å². The van der Waals surface area contributed by atoms with Crippen molar-refractivity contribution in [3.8, 4) is 11.4 Å². The van der Waals surface area contributed by atoms with Crippen LogP contribution in [0.1, 0.15) is 12.6 Å². The van der Waals surface area contributed by atoms with Crippen LogP contribution in [-0.4, -0.2) is 50.2 Å². The Bertz CT molecular complexity index is 734. The number of nitrogens with zero attached hydrogens (tertiary/aromatic N) is 3. The maximum absolute atomic E-state index is 12.2. The Labute approximate surface area is 144 Å². The number of benzene rings is 1. The van der Waals surface area contributed by atoms with Crippen molar-refractivity contribution < 1.29 is 9.00 Å². The minimum absolute atomic E-state index is 0.101. The molecule has 0 spiro atoms. The van der Waals surface area contributed by atoms with Gasteiger partial charge < -0.3 is 10.2 Å². The fourth-order valence-corrected chi connectivity index (χ4v) is 3.06. The van der Waals surface area contributed by atoms with Gasteiger partial charge in [-0.3, -0.25) is 4.21 Å². The first-order valence-corrected chi connectivity index (χ1v) is 9.33. The summed E-state index contributed by atoms with van der Waals surface area (Å²) in [6, 6.07) is 8.89. The molecule has 0 radical (unpaired) electrons. The molecule has 2 rings (SSSR count). The van der Waals surface area contributed by atoms with Crippen LogP contribution in [0.4, 0.5) is 10.5 Å². The second kappa shape index (κ2) is 8.01. The Morgan fingerprint density at radius 2 is 1.96 bits per heavy atom. The molecular formula is C17H22N4O2S. The predicted molar refractivity (Wildman–Crippen MR) is 97.4 cm³/mol. The standard InChI is InChI=1S/C17H22N4O2S/c1-12-9-10-18-16(19-12)14-5-7-15(8-6-14)20-17(22)21(3)13(2)11-24(4)23/h5-10,13H,11H2,1-4H3,(H,20,22)/t13-,24-/m0/s1. The van der Waals surface area contributed by atoms with Gasteiger partial charge in [0.15, 0.2) is 5.82 Å². The fourth-order valence-electron chi connectivity index (χ4n) is 2.15. The molecule has 0 aliphatic rings. The summed E-state index contributed by atoms with van der Waals surface area (Å²) in [5.74, 6) is 1.11. The zero-order chi connectivity index (χ0) is 17.7. The topological polar surface area (TPSA) is 75.2 Å². The van der Waals surface area contributed by atoms with Gasteiger partial charge in [-0.25, -0.2) is 14.8 Å². The number of carbonyl (C=O) groups is 1. The Hall–Kier alpha value is -2.28. The number of aromatic nitrogens is 2. The normalized spacial score (nSPS) is 13.2. The number of anilines is 1. The number of urea groups is 1. The van der Waals surface area contributed by atoms with Gasteiger partial charge in [0, 0.05) is 59.0 Å². The van der Waals surface area contributed by atoms with Crippen LogP contribution in [0.5, 0.6) is 0 Å². The summed E-state index contributed by atoms with van der Waals surface area (Å²) in [4.78, 5) is 22.4. The lowest BCUT2D eigenvalue weighted by Gasteiger charge is -2.24. The number of rotatable bonds is 5. The summed E-state index contributed by atoms with van der Waals surface area (Å²) in [5.41, 5.74) is 2.48. The molecule has 0 aliphatic heterocycles. The van der Waals surface area contributed by atoms with Gasteiger partial charge in [0.25, 0.3) is 0 Å². The van der Waals surface area contributed by atoms with E-state index in [0.29, 0.717) is 17.3 Å². The van der Waals surface area contributed by atoms with E-state index < -0.39 is 10.8 Å². The number of hydrogen-bond acceptors (Lipinski definition) is 4. The molecule has 1 aromatic carbocycles. The van der Waals surface area contributed by atoms with Crippen molar-refractivity contribution in [2.75, 3.05) is 24.4 Å². The van der Waals surface area contributed by atoms with Crippen LogP contribution < -0.4 is 5.32 Å². The molecule has 0 fully saturated rings. The van der Waals surface area contributed by atoms with Gasteiger partial charge in [0.05, 0.1) is 0 Å². The second-order valence-corrected chi connectivity index (χ2v) is 7.21. The molecule has 0 bridgehead atoms. The monoisotopic (exact) mass is 346 g/mol. The third kappa shape index (κ3) is 4.86. The van der Waals surface area contributed by atoms with E-state index in [1.54, 1.807) is 24.4 Å². The molecule has 0 saturated heterocycles. The van der Waals surface area contributed by atoms with E-state index in [9.17, 15) is 9.00 Å². The maximum atomic E-state index is 12.2. The molecule has 6 nitrogen and oxygen atoms in total. The minimum Gasteiger partial charge on any atom is -0.324 e. The Morgan fingerprint density at radius 3 is 2.54 bits per heavy atom. The van der Waals surface area contributed by atoms with E-state index in [-0.39, 0.29) is 12.1 Å². The SMILES string of the molecule is Cc1ccnc(-c2ccc(NC(=O)N(C)[C@@H](C)C[S@](C)=O)cc2)n1. The average Bonchev–Trinajstić information content (AvgIpc) is 2.54. The summed E-state index contributed by atoms with van der Waals surface area (Å²) in [6.07, 6.45) is 3.36. The van der Waals surface area contributed by atoms with Crippen LogP contribution in [0.3, 0.4) is 0 Å². The van der Waals surface area contributed by atoms with E-state index >= 15 is 0 Å². The highest BCUT2D eigenvalue weighted by Gasteiger charge is 2.16. The van der Waals surface area contributed by atoms with Crippen molar-refractivity contribution in [1.29, 1.82) is 0 Å². The summed E-state index contributed by atoms with van der Waals surface area (Å²) in [5, 5.41) is 2.83. The molecule has 0 aliphatic carbocycles. The lowest BCUT2D eigenvalue weighted by atomic mass is 10.2. The molecule has 1 aromatic heterocycles. The number of hydrogen-bond donors (Lipinski definition) is 1. The quantitative estimate of drug-likeness (QED) is 0.903. The highest BCUT2D eigenvalue weighted by atomic mass is 32.2. The van der Waals surface area contributed by atoms with Gasteiger partial charge in [-0.15, -0.1) is 0 Å². The molecule has 2 amide bonds. The summed E-state index contributed by atoms with van der Waals surface area (Å²) < 4.78 is 11.3. The van der Waals surface area contributed by atoms with Crippen LogP contribution in [0.15, 0.2) is 36.5 Å². The molecule has 7 heteroatoms. The van der Waals surface area contributed by atoms with Gasteiger partial charge in [0.1, 0.15) is 0 Å². The number of nitrogens with one attached hydrogen (secondary N) is 1. The molecule has 2 atom stereocenters. The van der Waals surface area contributed by atoms with Gasteiger partial charge in [-0.2, -0.15) is 0 Å². The van der Waals surface area contributed by atoms with Crippen molar-refractivity contribution in [2.24, 2.45) is 0 Å². The third-order valence-electron chi connectivity index (χ3n) is 3.65. The van der Waals surface area contributed by atoms with Gasteiger partial charge in [-0.1, -0.05) is 0 Å². The van der Waals surface area contributed by atoms with Crippen molar-refractivity contribution in [2.45, 2.75) is 19.9 Å². The highest BCUT2D eigenvalue weighted by molar-refractivity contribution is 7.84. The van der Waals surface area contributed by atoms with Crippen molar-refractivity contribution in [1.82, 2.24) is 14.9 Å². The molecule has 2 aromatic rings. The number of amides is 2. The van der Waals surface area contributed by atoms with Gasteiger partial charge >= 0.3 is 6.03 Å². The molecule has 0 unspecified atom stereocenters. The minimum atomic E-state index is -0.941. The fraction of sp³-hybridized carbons (Fsp3) is 0.353. The zero-order valence-electron chi connectivity index (χ0n) is 14.3. The smallest absolute Gasteiger partial charge is 0.321 e. The predicted octanol–water partition coefficient (Wildman–Crippen LogP) is 2.68. The van der Waals surface area contributed by atoms with E-state index in [2.05, 4.69) is 15.3 Å². The summed E-state index contributed by atoms with van der Waals surface area (Å²) in [6.45, 7) is 3.79. The maximum Gasteiger partial charge on any atom is 0.321 e. The van der Waals surface area contributed by atoms with E-state index in [1.165, 1.54) is 0 Å². The van der Waals surface area contributed by atoms with E-state index in [4.69, 9.17) is 0 Å². The van der Waals surface area contributed by atoms with E-state index in [0.717, 1.165) is 11.3 Å². The third-order valence-corrected chi connectivity index (χ3v) is 4.60. The molecule has 128 valence electrons. The number of aryl methyl sites for hydroxylation is 1. The van der Waals surface area contributed by atoms with Gasteiger partial charge in [-0.05, 0) is 44.2 Å².